The van der Waals surface area contributed by atoms with E-state index in [9.17, 15) is 4.79 Å². The van der Waals surface area contributed by atoms with Crippen molar-refractivity contribution in [2.24, 2.45) is 28.1 Å². The molecule has 1 aliphatic rings. The third-order valence-electron chi connectivity index (χ3n) is 4.29. The topological polar surface area (TPSA) is 78.9 Å². The Kier molecular flexibility index (Phi) is 5.20. The summed E-state index contributed by atoms with van der Waals surface area (Å²) in [6.45, 7) is 9.42. The average molecular weight is 269 g/mol. The number of carbonyl (C=O) groups excluding carboxylic acids is 1. The van der Waals surface area contributed by atoms with Crippen LogP contribution in [0.3, 0.4) is 0 Å². The van der Waals surface area contributed by atoms with E-state index in [0.717, 1.165) is 25.9 Å². The first kappa shape index (κ1) is 15.8. The molecule has 0 aromatic carbocycles. The van der Waals surface area contributed by atoms with Crippen molar-refractivity contribution in [2.75, 3.05) is 13.1 Å². The highest BCUT2D eigenvalue weighted by atomic mass is 16.4. The molecule has 0 radical (unpaired) electrons. The second kappa shape index (κ2) is 6.26. The molecule has 0 aromatic heterocycles. The number of likely N-dealkylation sites (tertiary alicyclic amines) is 1. The Labute approximate surface area is 115 Å². The first-order chi connectivity index (χ1) is 8.80. The molecule has 1 aliphatic heterocycles. The van der Waals surface area contributed by atoms with Crippen LogP contribution in [0.25, 0.3) is 0 Å². The lowest BCUT2D eigenvalue weighted by Crippen LogP contribution is -2.48. The molecule has 0 aromatic rings. The fourth-order valence-electron chi connectivity index (χ4n) is 2.62. The molecule has 1 amide bonds. The molecular formula is C14H27N3O2. The number of carbonyl (C=O) groups is 1. The lowest BCUT2D eigenvalue weighted by atomic mass is 9.89. The van der Waals surface area contributed by atoms with Gasteiger partial charge in [0.2, 0.25) is 5.91 Å². The van der Waals surface area contributed by atoms with Gasteiger partial charge in [0.05, 0.1) is 0 Å². The quantitative estimate of drug-likeness (QED) is 0.356. The molecule has 1 saturated heterocycles. The van der Waals surface area contributed by atoms with Gasteiger partial charge in [0, 0.05) is 13.1 Å². The second-order valence-electron chi connectivity index (χ2n) is 6.34. The lowest BCUT2D eigenvalue weighted by Gasteiger charge is -2.30. The highest BCUT2D eigenvalue weighted by Gasteiger charge is 2.37. The molecule has 1 fully saturated rings. The molecule has 0 saturated carbocycles. The lowest BCUT2D eigenvalue weighted by molar-refractivity contribution is -0.137. The van der Waals surface area contributed by atoms with Crippen molar-refractivity contribution in [3.05, 3.63) is 0 Å². The van der Waals surface area contributed by atoms with E-state index < -0.39 is 5.41 Å². The zero-order chi connectivity index (χ0) is 14.6. The zero-order valence-corrected chi connectivity index (χ0v) is 12.5. The standard InChI is InChI=1S/C14H27N3O2/c1-10(2)11-6-5-8-17(9-7-11)13(18)14(3,4)12(15)16-19/h10-11,19H,5-9H2,1-4H3,(H2,15,16). The van der Waals surface area contributed by atoms with Gasteiger partial charge >= 0.3 is 0 Å². The molecule has 0 bridgehead atoms. The van der Waals surface area contributed by atoms with Gasteiger partial charge < -0.3 is 15.8 Å². The minimum Gasteiger partial charge on any atom is -0.409 e. The van der Waals surface area contributed by atoms with Gasteiger partial charge in [0.25, 0.3) is 0 Å². The number of hydrogen-bond donors (Lipinski definition) is 2. The SMILES string of the molecule is CC(C)C1CCCN(C(=O)C(C)(C)C(N)=NO)CC1. The van der Waals surface area contributed by atoms with E-state index in [-0.39, 0.29) is 11.7 Å². The Morgan fingerprint density at radius 1 is 1.37 bits per heavy atom. The summed E-state index contributed by atoms with van der Waals surface area (Å²) in [6, 6.07) is 0. The summed E-state index contributed by atoms with van der Waals surface area (Å²) in [5.74, 6) is 1.27. The van der Waals surface area contributed by atoms with Crippen LogP contribution in [0.1, 0.15) is 47.0 Å². The smallest absolute Gasteiger partial charge is 0.235 e. The molecular weight excluding hydrogens is 242 g/mol. The fraction of sp³-hybridized carbons (Fsp3) is 0.857. The van der Waals surface area contributed by atoms with Gasteiger partial charge in [0.1, 0.15) is 5.41 Å². The number of oxime groups is 1. The van der Waals surface area contributed by atoms with Crippen LogP contribution in [-0.2, 0) is 4.79 Å². The van der Waals surface area contributed by atoms with Crippen LogP contribution in [0.15, 0.2) is 5.16 Å². The van der Waals surface area contributed by atoms with Gasteiger partial charge in [-0.15, -0.1) is 0 Å². The van der Waals surface area contributed by atoms with E-state index in [1.165, 1.54) is 6.42 Å². The maximum atomic E-state index is 12.5. The first-order valence-electron chi connectivity index (χ1n) is 7.08. The van der Waals surface area contributed by atoms with E-state index in [4.69, 9.17) is 10.9 Å². The largest absolute Gasteiger partial charge is 0.409 e. The van der Waals surface area contributed by atoms with Gasteiger partial charge in [-0.2, -0.15) is 0 Å². The number of rotatable bonds is 3. The van der Waals surface area contributed by atoms with Crippen molar-refractivity contribution >= 4 is 11.7 Å². The Hall–Kier alpha value is -1.26. The van der Waals surface area contributed by atoms with Crippen LogP contribution in [0.5, 0.6) is 0 Å². The molecule has 1 atom stereocenters. The highest BCUT2D eigenvalue weighted by molar-refractivity contribution is 6.05. The van der Waals surface area contributed by atoms with Crippen molar-refractivity contribution in [1.82, 2.24) is 4.90 Å². The highest BCUT2D eigenvalue weighted by Crippen LogP contribution is 2.27. The van der Waals surface area contributed by atoms with Crippen LogP contribution in [-0.4, -0.2) is 34.9 Å². The third kappa shape index (κ3) is 3.61. The molecule has 19 heavy (non-hydrogen) atoms. The van der Waals surface area contributed by atoms with Gasteiger partial charge in [-0.3, -0.25) is 4.79 Å². The molecule has 3 N–H and O–H groups in total. The van der Waals surface area contributed by atoms with Gasteiger partial charge in [-0.1, -0.05) is 19.0 Å². The third-order valence-corrected chi connectivity index (χ3v) is 4.29. The summed E-state index contributed by atoms with van der Waals surface area (Å²) in [5.41, 5.74) is 4.69. The second-order valence-corrected chi connectivity index (χ2v) is 6.34. The number of amidine groups is 1. The van der Waals surface area contributed by atoms with E-state index in [1.54, 1.807) is 13.8 Å². The monoisotopic (exact) mass is 269 g/mol. The van der Waals surface area contributed by atoms with Crippen LogP contribution in [0, 0.1) is 17.3 Å². The summed E-state index contributed by atoms with van der Waals surface area (Å²) in [7, 11) is 0. The van der Waals surface area contributed by atoms with Crippen LogP contribution < -0.4 is 5.73 Å². The number of hydrogen-bond acceptors (Lipinski definition) is 3. The summed E-state index contributed by atoms with van der Waals surface area (Å²) in [5, 5.41) is 11.8. The Bertz CT molecular complexity index is 351. The first-order valence-corrected chi connectivity index (χ1v) is 7.08. The van der Waals surface area contributed by atoms with Crippen LogP contribution in [0.4, 0.5) is 0 Å². The molecule has 0 aliphatic carbocycles. The molecule has 1 heterocycles. The van der Waals surface area contributed by atoms with E-state index in [1.807, 2.05) is 4.90 Å². The Morgan fingerprint density at radius 2 is 2.00 bits per heavy atom. The molecule has 0 spiro atoms. The minimum absolute atomic E-state index is 0.0258. The molecule has 110 valence electrons. The van der Waals surface area contributed by atoms with Gasteiger partial charge in [0.15, 0.2) is 5.84 Å². The van der Waals surface area contributed by atoms with Crippen molar-refractivity contribution in [2.45, 2.75) is 47.0 Å². The van der Waals surface area contributed by atoms with E-state index in [2.05, 4.69) is 19.0 Å². The maximum absolute atomic E-state index is 12.5. The van der Waals surface area contributed by atoms with Gasteiger partial charge in [-0.25, -0.2) is 0 Å². The molecule has 5 nitrogen and oxygen atoms in total. The Morgan fingerprint density at radius 3 is 2.53 bits per heavy atom. The number of nitrogens with two attached hydrogens (primary N) is 1. The predicted molar refractivity (Wildman–Crippen MR) is 75.9 cm³/mol. The predicted octanol–water partition coefficient (Wildman–Crippen LogP) is 2.04. The molecule has 5 heteroatoms. The van der Waals surface area contributed by atoms with Crippen molar-refractivity contribution < 1.29 is 10.0 Å². The summed E-state index contributed by atoms with van der Waals surface area (Å²) < 4.78 is 0. The van der Waals surface area contributed by atoms with Crippen LogP contribution in [0.2, 0.25) is 0 Å². The van der Waals surface area contributed by atoms with Gasteiger partial charge in [-0.05, 0) is 44.9 Å². The summed E-state index contributed by atoms with van der Waals surface area (Å²) in [4.78, 5) is 14.4. The zero-order valence-electron chi connectivity index (χ0n) is 12.5. The summed E-state index contributed by atoms with van der Waals surface area (Å²) in [6.07, 6.45) is 3.24. The average Bonchev–Trinajstić information content (AvgIpc) is 2.62. The maximum Gasteiger partial charge on any atom is 0.235 e. The fourth-order valence-corrected chi connectivity index (χ4v) is 2.62. The number of amides is 1. The van der Waals surface area contributed by atoms with Crippen LogP contribution >= 0.6 is 0 Å². The molecule has 1 rings (SSSR count). The van der Waals surface area contributed by atoms with E-state index in [0.29, 0.717) is 11.8 Å². The normalized spacial score (nSPS) is 22.5. The minimum atomic E-state index is -0.938. The summed E-state index contributed by atoms with van der Waals surface area (Å²) >= 11 is 0. The van der Waals surface area contributed by atoms with E-state index >= 15 is 0 Å². The van der Waals surface area contributed by atoms with Crippen molar-refractivity contribution in [3.63, 3.8) is 0 Å². The molecule has 1 unspecified atom stereocenters. The number of nitrogens with zero attached hydrogens (tertiary/aromatic N) is 2. The Balaban J connectivity index is 2.73. The van der Waals surface area contributed by atoms with Crippen molar-refractivity contribution in [1.29, 1.82) is 0 Å². The van der Waals surface area contributed by atoms with Crippen molar-refractivity contribution in [3.8, 4) is 0 Å².